The van der Waals surface area contributed by atoms with Gasteiger partial charge in [-0.05, 0) is 32.1 Å². The van der Waals surface area contributed by atoms with Gasteiger partial charge in [-0.1, -0.05) is 6.92 Å². The molecular formula is C13H24N2O2. The van der Waals surface area contributed by atoms with Crippen molar-refractivity contribution in [3.8, 4) is 0 Å². The highest BCUT2D eigenvalue weighted by atomic mass is 16.3. The van der Waals surface area contributed by atoms with E-state index in [4.69, 9.17) is 0 Å². The predicted octanol–water partition coefficient (Wildman–Crippen LogP) is 0.844. The standard InChI is InChI=1S/C13H24N2O2/c1-2-11-5-3-4-7-15(11)13(17)10-14-8-6-12(16)9-14/h11-12,16H,2-10H2,1H3/t11?,12-/m0/s1. The Bertz CT molecular complexity index is 270. The van der Waals surface area contributed by atoms with Gasteiger partial charge in [0.1, 0.15) is 0 Å². The zero-order valence-electron chi connectivity index (χ0n) is 10.8. The third kappa shape index (κ3) is 3.19. The molecule has 2 saturated heterocycles. The molecule has 0 aromatic heterocycles. The SMILES string of the molecule is CCC1CCCCN1C(=O)CN1CC[C@H](O)C1. The predicted molar refractivity (Wildman–Crippen MR) is 66.7 cm³/mol. The topological polar surface area (TPSA) is 43.8 Å². The molecule has 0 saturated carbocycles. The van der Waals surface area contributed by atoms with Gasteiger partial charge in [-0.25, -0.2) is 0 Å². The first-order valence-electron chi connectivity index (χ1n) is 6.90. The minimum atomic E-state index is -0.230. The smallest absolute Gasteiger partial charge is 0.236 e. The van der Waals surface area contributed by atoms with Crippen LogP contribution in [0, 0.1) is 0 Å². The maximum atomic E-state index is 12.2. The maximum absolute atomic E-state index is 12.2. The van der Waals surface area contributed by atoms with E-state index in [0.717, 1.165) is 38.8 Å². The van der Waals surface area contributed by atoms with Crippen LogP contribution in [0.3, 0.4) is 0 Å². The number of piperidine rings is 1. The number of amides is 1. The minimum absolute atomic E-state index is 0.230. The Morgan fingerprint density at radius 1 is 1.29 bits per heavy atom. The molecule has 2 rings (SSSR count). The van der Waals surface area contributed by atoms with Gasteiger partial charge in [0.25, 0.3) is 0 Å². The highest BCUT2D eigenvalue weighted by molar-refractivity contribution is 5.78. The van der Waals surface area contributed by atoms with Crippen molar-refractivity contribution in [1.82, 2.24) is 9.80 Å². The van der Waals surface area contributed by atoms with E-state index >= 15 is 0 Å². The Hall–Kier alpha value is -0.610. The number of aliphatic hydroxyl groups is 1. The first-order valence-corrected chi connectivity index (χ1v) is 6.90. The second kappa shape index (κ2) is 5.83. The molecule has 2 atom stereocenters. The number of nitrogens with zero attached hydrogens (tertiary/aromatic N) is 2. The van der Waals surface area contributed by atoms with Gasteiger partial charge in [0.2, 0.25) is 5.91 Å². The summed E-state index contributed by atoms with van der Waals surface area (Å²) in [6.45, 7) is 5.10. The van der Waals surface area contributed by atoms with Crippen LogP contribution < -0.4 is 0 Å². The van der Waals surface area contributed by atoms with Gasteiger partial charge in [0, 0.05) is 25.7 Å². The maximum Gasteiger partial charge on any atom is 0.236 e. The van der Waals surface area contributed by atoms with Crippen molar-refractivity contribution in [2.24, 2.45) is 0 Å². The highest BCUT2D eigenvalue weighted by Gasteiger charge is 2.28. The molecule has 0 radical (unpaired) electrons. The van der Waals surface area contributed by atoms with E-state index in [1.165, 1.54) is 6.42 Å². The lowest BCUT2D eigenvalue weighted by Gasteiger charge is -2.36. The number of carbonyl (C=O) groups is 1. The molecule has 0 spiro atoms. The molecule has 1 unspecified atom stereocenters. The lowest BCUT2D eigenvalue weighted by molar-refractivity contribution is -0.136. The average Bonchev–Trinajstić information content (AvgIpc) is 2.74. The second-order valence-corrected chi connectivity index (χ2v) is 5.32. The first-order chi connectivity index (χ1) is 8.20. The molecule has 1 N–H and O–H groups in total. The lowest BCUT2D eigenvalue weighted by atomic mass is 10.00. The first kappa shape index (κ1) is 12.8. The molecule has 1 amide bonds. The summed E-state index contributed by atoms with van der Waals surface area (Å²) in [7, 11) is 0. The van der Waals surface area contributed by atoms with Crippen molar-refractivity contribution in [2.75, 3.05) is 26.2 Å². The lowest BCUT2D eigenvalue weighted by Crippen LogP contribution is -2.47. The molecule has 2 heterocycles. The zero-order chi connectivity index (χ0) is 12.3. The summed E-state index contributed by atoms with van der Waals surface area (Å²) in [5.41, 5.74) is 0. The molecule has 0 aromatic rings. The largest absolute Gasteiger partial charge is 0.392 e. The Morgan fingerprint density at radius 2 is 2.12 bits per heavy atom. The number of likely N-dealkylation sites (tertiary alicyclic amines) is 2. The Balaban J connectivity index is 1.85. The molecule has 2 aliphatic rings. The Morgan fingerprint density at radius 3 is 2.76 bits per heavy atom. The van der Waals surface area contributed by atoms with Crippen LogP contribution in [-0.2, 0) is 4.79 Å². The third-order valence-electron chi connectivity index (χ3n) is 4.03. The monoisotopic (exact) mass is 240 g/mol. The van der Waals surface area contributed by atoms with E-state index in [-0.39, 0.29) is 12.0 Å². The van der Waals surface area contributed by atoms with Crippen LogP contribution >= 0.6 is 0 Å². The normalized spacial score (nSPS) is 30.8. The van der Waals surface area contributed by atoms with Gasteiger partial charge in [0.15, 0.2) is 0 Å². The Kier molecular flexibility index (Phi) is 4.40. The van der Waals surface area contributed by atoms with Crippen molar-refractivity contribution in [3.05, 3.63) is 0 Å². The van der Waals surface area contributed by atoms with E-state index in [1.54, 1.807) is 0 Å². The van der Waals surface area contributed by atoms with Crippen LogP contribution in [0.2, 0.25) is 0 Å². The van der Waals surface area contributed by atoms with Crippen molar-refractivity contribution < 1.29 is 9.90 Å². The van der Waals surface area contributed by atoms with Gasteiger partial charge in [-0.3, -0.25) is 9.69 Å². The number of β-amino-alcohol motifs (C(OH)–C–C–N with tert-alkyl or cyclic N) is 1. The summed E-state index contributed by atoms with van der Waals surface area (Å²) >= 11 is 0. The van der Waals surface area contributed by atoms with Crippen molar-refractivity contribution in [3.63, 3.8) is 0 Å². The fraction of sp³-hybridized carbons (Fsp3) is 0.923. The molecule has 0 aromatic carbocycles. The number of hydrogen-bond donors (Lipinski definition) is 1. The summed E-state index contributed by atoms with van der Waals surface area (Å²) in [4.78, 5) is 16.4. The fourth-order valence-electron chi connectivity index (χ4n) is 2.99. The van der Waals surface area contributed by atoms with Gasteiger partial charge < -0.3 is 10.0 Å². The molecule has 2 aliphatic heterocycles. The van der Waals surface area contributed by atoms with E-state index in [2.05, 4.69) is 16.7 Å². The van der Waals surface area contributed by atoms with Gasteiger partial charge in [0.05, 0.1) is 12.6 Å². The summed E-state index contributed by atoms with van der Waals surface area (Å²) in [6, 6.07) is 0.448. The Labute approximate surface area is 104 Å². The molecule has 4 nitrogen and oxygen atoms in total. The fourth-order valence-corrected chi connectivity index (χ4v) is 2.99. The van der Waals surface area contributed by atoms with Crippen LogP contribution in [0.4, 0.5) is 0 Å². The molecule has 4 heteroatoms. The third-order valence-corrected chi connectivity index (χ3v) is 4.03. The quantitative estimate of drug-likeness (QED) is 0.795. The summed E-state index contributed by atoms with van der Waals surface area (Å²) in [6.07, 6.45) is 5.20. The van der Waals surface area contributed by atoms with Crippen molar-refractivity contribution in [1.29, 1.82) is 0 Å². The van der Waals surface area contributed by atoms with E-state index in [0.29, 0.717) is 19.1 Å². The minimum Gasteiger partial charge on any atom is -0.392 e. The summed E-state index contributed by atoms with van der Waals surface area (Å²) in [5, 5.41) is 9.45. The van der Waals surface area contributed by atoms with Crippen LogP contribution in [0.15, 0.2) is 0 Å². The van der Waals surface area contributed by atoms with Crippen LogP contribution in [0.25, 0.3) is 0 Å². The number of rotatable bonds is 3. The molecule has 98 valence electrons. The van der Waals surface area contributed by atoms with E-state index in [1.807, 2.05) is 0 Å². The van der Waals surface area contributed by atoms with Crippen molar-refractivity contribution >= 4 is 5.91 Å². The molecule has 17 heavy (non-hydrogen) atoms. The van der Waals surface area contributed by atoms with E-state index in [9.17, 15) is 9.90 Å². The van der Waals surface area contributed by atoms with Gasteiger partial charge in [-0.2, -0.15) is 0 Å². The molecule has 2 fully saturated rings. The second-order valence-electron chi connectivity index (χ2n) is 5.32. The van der Waals surface area contributed by atoms with Crippen molar-refractivity contribution in [2.45, 2.75) is 51.2 Å². The number of carbonyl (C=O) groups excluding carboxylic acids is 1. The van der Waals surface area contributed by atoms with Gasteiger partial charge in [-0.15, -0.1) is 0 Å². The van der Waals surface area contributed by atoms with E-state index < -0.39 is 0 Å². The summed E-state index contributed by atoms with van der Waals surface area (Å²) < 4.78 is 0. The molecule has 0 aliphatic carbocycles. The van der Waals surface area contributed by atoms with Crippen LogP contribution in [-0.4, -0.2) is 59.1 Å². The van der Waals surface area contributed by atoms with Crippen LogP contribution in [0.1, 0.15) is 39.0 Å². The zero-order valence-corrected chi connectivity index (χ0v) is 10.8. The average molecular weight is 240 g/mol. The van der Waals surface area contributed by atoms with Gasteiger partial charge >= 0.3 is 0 Å². The highest BCUT2D eigenvalue weighted by Crippen LogP contribution is 2.20. The van der Waals surface area contributed by atoms with Crippen LogP contribution in [0.5, 0.6) is 0 Å². The number of aliphatic hydroxyl groups excluding tert-OH is 1. The summed E-state index contributed by atoms with van der Waals surface area (Å²) in [5.74, 6) is 0.255. The molecule has 0 bridgehead atoms. The number of hydrogen-bond acceptors (Lipinski definition) is 3. The molecular weight excluding hydrogens is 216 g/mol.